The van der Waals surface area contributed by atoms with Crippen LogP contribution in [0.3, 0.4) is 0 Å². The predicted octanol–water partition coefficient (Wildman–Crippen LogP) is 1.97. The Morgan fingerprint density at radius 2 is 2.05 bits per heavy atom. The minimum atomic E-state index is 0.520. The van der Waals surface area contributed by atoms with Gasteiger partial charge in [0.05, 0.1) is 0 Å². The molecule has 0 spiro atoms. The van der Waals surface area contributed by atoms with Gasteiger partial charge in [-0.1, -0.05) is 30.3 Å². The largest absolute Gasteiger partial charge is 0.314 e. The molecular weight excluding hydrogens is 234 g/mol. The van der Waals surface area contributed by atoms with Gasteiger partial charge in [0.15, 0.2) is 0 Å². The molecule has 1 aliphatic rings. The number of hydrogen-bond acceptors (Lipinski definition) is 3. The molecule has 1 heterocycles. The molecule has 0 radical (unpaired) electrons. The minimum Gasteiger partial charge on any atom is -0.314 e. The first-order valence-corrected chi connectivity index (χ1v) is 7.34. The summed E-state index contributed by atoms with van der Waals surface area (Å²) >= 11 is 0. The van der Waals surface area contributed by atoms with Crippen LogP contribution in [0.5, 0.6) is 0 Å². The Labute approximate surface area is 117 Å². The smallest absolute Gasteiger partial charge is 0.0476 e. The van der Waals surface area contributed by atoms with Crippen molar-refractivity contribution in [2.45, 2.75) is 25.4 Å². The van der Waals surface area contributed by atoms with Crippen molar-refractivity contribution in [3.05, 3.63) is 35.9 Å². The highest BCUT2D eigenvalue weighted by Gasteiger charge is 2.27. The van der Waals surface area contributed by atoms with Crippen LogP contribution in [-0.4, -0.2) is 56.1 Å². The van der Waals surface area contributed by atoms with Gasteiger partial charge in [-0.3, -0.25) is 4.90 Å². The lowest BCUT2D eigenvalue weighted by Gasteiger charge is -2.41. The number of piperazine rings is 1. The van der Waals surface area contributed by atoms with Crippen LogP contribution in [0.25, 0.3) is 0 Å². The molecule has 2 atom stereocenters. The number of rotatable bonds is 5. The Balaban J connectivity index is 2.03. The van der Waals surface area contributed by atoms with Crippen LogP contribution in [0.4, 0.5) is 0 Å². The second kappa shape index (κ2) is 7.04. The minimum absolute atomic E-state index is 0.520. The normalized spacial score (nSPS) is 22.6. The molecule has 3 heteroatoms. The Morgan fingerprint density at radius 3 is 2.74 bits per heavy atom. The summed E-state index contributed by atoms with van der Waals surface area (Å²) in [4.78, 5) is 4.94. The molecule has 106 valence electrons. The van der Waals surface area contributed by atoms with Gasteiger partial charge >= 0.3 is 0 Å². The average Bonchev–Trinajstić information content (AvgIpc) is 2.45. The summed E-state index contributed by atoms with van der Waals surface area (Å²) in [6, 6.07) is 12.0. The summed E-state index contributed by atoms with van der Waals surface area (Å²) < 4.78 is 0. The zero-order chi connectivity index (χ0) is 13.7. The zero-order valence-corrected chi connectivity index (χ0v) is 12.5. The highest BCUT2D eigenvalue weighted by molar-refractivity contribution is 5.20. The van der Waals surface area contributed by atoms with Crippen LogP contribution in [0.2, 0.25) is 0 Å². The van der Waals surface area contributed by atoms with E-state index < -0.39 is 0 Å². The summed E-state index contributed by atoms with van der Waals surface area (Å²) in [6.07, 6.45) is 1.23. The second-order valence-electron chi connectivity index (χ2n) is 5.81. The van der Waals surface area contributed by atoms with E-state index in [1.807, 2.05) is 0 Å². The fourth-order valence-electron chi connectivity index (χ4n) is 2.84. The molecule has 3 nitrogen and oxygen atoms in total. The lowest BCUT2D eigenvalue weighted by atomic mass is 10.0. The van der Waals surface area contributed by atoms with Gasteiger partial charge in [0, 0.05) is 31.7 Å². The van der Waals surface area contributed by atoms with Gasteiger partial charge in [-0.05, 0) is 39.5 Å². The Morgan fingerprint density at radius 1 is 1.32 bits per heavy atom. The lowest BCUT2D eigenvalue weighted by Crippen LogP contribution is -2.50. The third kappa shape index (κ3) is 4.03. The van der Waals surface area contributed by atoms with Crippen molar-refractivity contribution in [1.29, 1.82) is 0 Å². The lowest BCUT2D eigenvalue weighted by molar-refractivity contribution is 0.104. The molecule has 0 bridgehead atoms. The fourth-order valence-corrected chi connectivity index (χ4v) is 2.84. The molecule has 0 amide bonds. The van der Waals surface area contributed by atoms with E-state index >= 15 is 0 Å². The molecule has 1 saturated heterocycles. The molecule has 1 aromatic carbocycles. The van der Waals surface area contributed by atoms with Crippen LogP contribution in [0, 0.1) is 0 Å². The van der Waals surface area contributed by atoms with Gasteiger partial charge in [-0.2, -0.15) is 0 Å². The molecule has 1 aliphatic heterocycles. The number of nitrogens with zero attached hydrogens (tertiary/aromatic N) is 2. The standard InChI is InChI=1S/C16H27N3/c1-14(9-11-18(2)3)19-12-10-17-13-16(19)15-7-5-4-6-8-15/h4-8,14,16-17H,9-13H2,1-3H3. The number of benzene rings is 1. The summed E-state index contributed by atoms with van der Waals surface area (Å²) in [5, 5.41) is 3.53. The van der Waals surface area contributed by atoms with Crippen LogP contribution in [0.15, 0.2) is 30.3 Å². The maximum absolute atomic E-state index is 3.53. The van der Waals surface area contributed by atoms with E-state index in [0.717, 1.165) is 26.2 Å². The SMILES string of the molecule is CC(CCN(C)C)N1CCNCC1c1ccccc1. The van der Waals surface area contributed by atoms with Crippen LogP contribution < -0.4 is 5.32 Å². The van der Waals surface area contributed by atoms with Crippen molar-refractivity contribution in [1.82, 2.24) is 15.1 Å². The quantitative estimate of drug-likeness (QED) is 0.874. The van der Waals surface area contributed by atoms with Gasteiger partial charge in [-0.25, -0.2) is 0 Å². The second-order valence-corrected chi connectivity index (χ2v) is 5.81. The van der Waals surface area contributed by atoms with Gasteiger partial charge in [0.2, 0.25) is 0 Å². The highest BCUT2D eigenvalue weighted by atomic mass is 15.2. The Kier molecular flexibility index (Phi) is 5.37. The maximum Gasteiger partial charge on any atom is 0.0476 e. The van der Waals surface area contributed by atoms with Crippen molar-refractivity contribution in [2.24, 2.45) is 0 Å². The molecule has 1 fully saturated rings. The van der Waals surface area contributed by atoms with Crippen molar-refractivity contribution >= 4 is 0 Å². The third-order valence-corrected chi connectivity index (χ3v) is 4.03. The predicted molar refractivity (Wildman–Crippen MR) is 81.4 cm³/mol. The molecule has 0 saturated carbocycles. The number of nitrogens with one attached hydrogen (secondary N) is 1. The van der Waals surface area contributed by atoms with Crippen molar-refractivity contribution < 1.29 is 0 Å². The number of hydrogen-bond donors (Lipinski definition) is 1. The van der Waals surface area contributed by atoms with Gasteiger partial charge in [0.25, 0.3) is 0 Å². The topological polar surface area (TPSA) is 18.5 Å². The van der Waals surface area contributed by atoms with E-state index in [4.69, 9.17) is 0 Å². The van der Waals surface area contributed by atoms with Gasteiger partial charge in [-0.15, -0.1) is 0 Å². The van der Waals surface area contributed by atoms with E-state index in [-0.39, 0.29) is 0 Å². The van der Waals surface area contributed by atoms with Crippen molar-refractivity contribution in [2.75, 3.05) is 40.3 Å². The molecule has 1 aromatic rings. The van der Waals surface area contributed by atoms with Gasteiger partial charge in [0.1, 0.15) is 0 Å². The Bertz CT molecular complexity index is 364. The molecule has 2 rings (SSSR count). The fraction of sp³-hybridized carbons (Fsp3) is 0.625. The Hall–Kier alpha value is -0.900. The first-order valence-electron chi connectivity index (χ1n) is 7.34. The van der Waals surface area contributed by atoms with Crippen molar-refractivity contribution in [3.63, 3.8) is 0 Å². The van der Waals surface area contributed by atoms with E-state index in [1.165, 1.54) is 12.0 Å². The molecule has 0 aromatic heterocycles. The first-order chi connectivity index (χ1) is 9.18. The molecular formula is C16H27N3. The van der Waals surface area contributed by atoms with E-state index in [0.29, 0.717) is 12.1 Å². The third-order valence-electron chi connectivity index (χ3n) is 4.03. The first kappa shape index (κ1) is 14.5. The maximum atomic E-state index is 3.53. The van der Waals surface area contributed by atoms with E-state index in [9.17, 15) is 0 Å². The summed E-state index contributed by atoms with van der Waals surface area (Å²) in [6.45, 7) is 6.84. The zero-order valence-electron chi connectivity index (χ0n) is 12.5. The van der Waals surface area contributed by atoms with Crippen LogP contribution >= 0.6 is 0 Å². The highest BCUT2D eigenvalue weighted by Crippen LogP contribution is 2.25. The van der Waals surface area contributed by atoms with Gasteiger partial charge < -0.3 is 10.2 Å². The monoisotopic (exact) mass is 261 g/mol. The molecule has 1 N–H and O–H groups in total. The van der Waals surface area contributed by atoms with E-state index in [1.54, 1.807) is 0 Å². The molecule has 0 aliphatic carbocycles. The van der Waals surface area contributed by atoms with E-state index in [2.05, 4.69) is 66.5 Å². The van der Waals surface area contributed by atoms with Crippen LogP contribution in [-0.2, 0) is 0 Å². The summed E-state index contributed by atoms with van der Waals surface area (Å²) in [7, 11) is 4.30. The molecule has 2 unspecified atom stereocenters. The summed E-state index contributed by atoms with van der Waals surface area (Å²) in [5.74, 6) is 0. The van der Waals surface area contributed by atoms with Crippen LogP contribution in [0.1, 0.15) is 24.9 Å². The van der Waals surface area contributed by atoms with Crippen molar-refractivity contribution in [3.8, 4) is 0 Å². The molecule has 19 heavy (non-hydrogen) atoms. The summed E-state index contributed by atoms with van der Waals surface area (Å²) in [5.41, 5.74) is 1.44. The average molecular weight is 261 g/mol.